The first-order valence-electron chi connectivity index (χ1n) is 17.2. The van der Waals surface area contributed by atoms with Crippen LogP contribution in [-0.4, -0.2) is 4.57 Å². The summed E-state index contributed by atoms with van der Waals surface area (Å²) in [5.41, 5.74) is 12.3. The standard InChI is InChI=1S/C45H34N4S/c1-3-13-29(14-4-1)43-46-44(30-15-5-2-6-16-30)48-45(47-43)31-23-25-32(26-24-31)49-39-21-11-9-19-35(39)37-28-42-38(27-40(37)49)34-18-8-7-17-33(34)36-20-10-12-22-41(36)50-42/h1-28,43-48H. The van der Waals surface area contributed by atoms with E-state index in [9.17, 15) is 0 Å². The zero-order valence-electron chi connectivity index (χ0n) is 27.3. The molecule has 1 saturated heterocycles. The summed E-state index contributed by atoms with van der Waals surface area (Å²) in [5, 5.41) is 14.0. The Hall–Kier alpha value is -5.43. The highest BCUT2D eigenvalue weighted by atomic mass is 32.2. The van der Waals surface area contributed by atoms with Crippen molar-refractivity contribution in [3.8, 4) is 27.9 Å². The Labute approximate surface area is 295 Å². The highest BCUT2D eigenvalue weighted by molar-refractivity contribution is 7.99. The van der Waals surface area contributed by atoms with Gasteiger partial charge >= 0.3 is 0 Å². The van der Waals surface area contributed by atoms with Gasteiger partial charge in [0.05, 0.1) is 29.5 Å². The second-order valence-corrected chi connectivity index (χ2v) is 14.2. The summed E-state index contributed by atoms with van der Waals surface area (Å²) in [6, 6.07) is 61.6. The molecular formula is C45H34N4S. The van der Waals surface area contributed by atoms with Crippen molar-refractivity contribution in [3.63, 3.8) is 0 Å². The number of hydrogen-bond donors (Lipinski definition) is 3. The van der Waals surface area contributed by atoms with Crippen LogP contribution in [-0.2, 0) is 0 Å². The molecule has 3 N–H and O–H groups in total. The Morgan fingerprint density at radius 3 is 1.56 bits per heavy atom. The van der Waals surface area contributed by atoms with Gasteiger partial charge in [0, 0.05) is 26.3 Å². The van der Waals surface area contributed by atoms with Crippen LogP contribution in [0.2, 0.25) is 0 Å². The fraction of sp³-hybridized carbons (Fsp3) is 0.0667. The van der Waals surface area contributed by atoms with Crippen LogP contribution in [0.15, 0.2) is 180 Å². The first-order chi connectivity index (χ1) is 24.8. The molecule has 2 atom stereocenters. The molecule has 1 aromatic heterocycles. The minimum Gasteiger partial charge on any atom is -0.309 e. The van der Waals surface area contributed by atoms with Crippen LogP contribution in [0.25, 0.3) is 49.7 Å². The molecule has 10 rings (SSSR count). The lowest BCUT2D eigenvalue weighted by atomic mass is 9.94. The molecule has 2 aliphatic rings. The largest absolute Gasteiger partial charge is 0.309 e. The van der Waals surface area contributed by atoms with Gasteiger partial charge in [-0.2, -0.15) is 0 Å². The van der Waals surface area contributed by atoms with Crippen molar-refractivity contribution in [3.05, 3.63) is 187 Å². The van der Waals surface area contributed by atoms with E-state index in [0.29, 0.717) is 0 Å². The zero-order chi connectivity index (χ0) is 33.0. The minimum atomic E-state index is -0.0511. The van der Waals surface area contributed by atoms with Gasteiger partial charge in [-0.05, 0) is 75.3 Å². The van der Waals surface area contributed by atoms with Crippen LogP contribution in [0.4, 0.5) is 0 Å². The normalized spacial score (nSPS) is 18.3. The third-order valence-corrected chi connectivity index (χ3v) is 11.3. The quantitative estimate of drug-likeness (QED) is 0.175. The number of nitrogens with one attached hydrogen (secondary N) is 3. The number of benzene rings is 7. The zero-order valence-corrected chi connectivity index (χ0v) is 28.1. The second-order valence-electron chi connectivity index (χ2n) is 13.1. The van der Waals surface area contributed by atoms with Gasteiger partial charge in [0.1, 0.15) is 0 Å². The SMILES string of the molecule is c1ccc(C2NC(c3ccccc3)NC(c3ccc(-n4c5ccccc5c5cc6c(cc54)-c4ccccc4-c4ccccc4S6)cc3)N2)cc1. The van der Waals surface area contributed by atoms with E-state index in [1.54, 1.807) is 0 Å². The summed E-state index contributed by atoms with van der Waals surface area (Å²) in [7, 11) is 0. The predicted molar refractivity (Wildman–Crippen MR) is 206 cm³/mol. The van der Waals surface area contributed by atoms with Crippen molar-refractivity contribution in [1.29, 1.82) is 0 Å². The van der Waals surface area contributed by atoms with Crippen molar-refractivity contribution < 1.29 is 0 Å². The molecule has 0 amide bonds. The molecule has 0 aliphatic carbocycles. The fourth-order valence-corrected chi connectivity index (χ4v) is 8.87. The number of aromatic nitrogens is 1. The molecule has 0 bridgehead atoms. The van der Waals surface area contributed by atoms with E-state index in [1.807, 2.05) is 11.8 Å². The van der Waals surface area contributed by atoms with Crippen LogP contribution in [0, 0.1) is 0 Å². The monoisotopic (exact) mass is 662 g/mol. The molecule has 2 aliphatic heterocycles. The molecule has 7 aromatic carbocycles. The molecule has 0 saturated carbocycles. The lowest BCUT2D eigenvalue weighted by molar-refractivity contribution is 0.203. The van der Waals surface area contributed by atoms with E-state index in [-0.39, 0.29) is 18.5 Å². The smallest absolute Gasteiger partial charge is 0.0864 e. The van der Waals surface area contributed by atoms with E-state index >= 15 is 0 Å². The molecule has 50 heavy (non-hydrogen) atoms. The van der Waals surface area contributed by atoms with E-state index in [2.05, 4.69) is 190 Å². The minimum absolute atomic E-state index is 0.00758. The summed E-state index contributed by atoms with van der Waals surface area (Å²) < 4.78 is 2.43. The number of para-hydroxylation sites is 1. The second kappa shape index (κ2) is 12.2. The lowest BCUT2D eigenvalue weighted by Gasteiger charge is -2.39. The lowest BCUT2D eigenvalue weighted by Crippen LogP contribution is -2.54. The van der Waals surface area contributed by atoms with Gasteiger partial charge in [0.25, 0.3) is 0 Å². The van der Waals surface area contributed by atoms with Crippen molar-refractivity contribution in [2.24, 2.45) is 0 Å². The topological polar surface area (TPSA) is 41.0 Å². The van der Waals surface area contributed by atoms with Gasteiger partial charge in [-0.25, -0.2) is 0 Å². The van der Waals surface area contributed by atoms with Gasteiger partial charge in [0.2, 0.25) is 0 Å². The van der Waals surface area contributed by atoms with E-state index in [1.165, 1.54) is 70.5 Å². The molecule has 2 unspecified atom stereocenters. The maximum atomic E-state index is 3.82. The summed E-state index contributed by atoms with van der Waals surface area (Å²) in [6.45, 7) is 0. The van der Waals surface area contributed by atoms with E-state index in [4.69, 9.17) is 0 Å². The fourth-order valence-electron chi connectivity index (χ4n) is 7.75. The van der Waals surface area contributed by atoms with Gasteiger partial charge in [-0.1, -0.05) is 145 Å². The molecule has 8 aromatic rings. The maximum Gasteiger partial charge on any atom is 0.0864 e. The van der Waals surface area contributed by atoms with Gasteiger partial charge < -0.3 is 4.57 Å². The predicted octanol–water partition coefficient (Wildman–Crippen LogP) is 10.8. The highest BCUT2D eigenvalue weighted by Crippen LogP contribution is 2.50. The van der Waals surface area contributed by atoms with Crippen molar-refractivity contribution in [2.45, 2.75) is 28.3 Å². The van der Waals surface area contributed by atoms with Crippen LogP contribution in [0.5, 0.6) is 0 Å². The van der Waals surface area contributed by atoms with Crippen LogP contribution in [0.3, 0.4) is 0 Å². The Morgan fingerprint density at radius 2 is 0.900 bits per heavy atom. The number of hydrogen-bond acceptors (Lipinski definition) is 4. The molecule has 0 spiro atoms. The Kier molecular flexibility index (Phi) is 7.17. The van der Waals surface area contributed by atoms with Crippen molar-refractivity contribution >= 4 is 33.6 Å². The third kappa shape index (κ3) is 4.98. The number of rotatable bonds is 4. The summed E-state index contributed by atoms with van der Waals surface area (Å²) in [5.74, 6) is 0. The van der Waals surface area contributed by atoms with Gasteiger partial charge in [-0.15, -0.1) is 0 Å². The Morgan fingerprint density at radius 1 is 0.380 bits per heavy atom. The van der Waals surface area contributed by atoms with Crippen molar-refractivity contribution in [1.82, 2.24) is 20.5 Å². The van der Waals surface area contributed by atoms with Gasteiger partial charge in [-0.3, -0.25) is 16.0 Å². The summed E-state index contributed by atoms with van der Waals surface area (Å²) >= 11 is 1.87. The van der Waals surface area contributed by atoms with Crippen LogP contribution in [0.1, 0.15) is 35.2 Å². The van der Waals surface area contributed by atoms with Crippen molar-refractivity contribution in [2.75, 3.05) is 0 Å². The highest BCUT2D eigenvalue weighted by Gasteiger charge is 2.30. The average molecular weight is 663 g/mol. The molecule has 240 valence electrons. The molecule has 1 fully saturated rings. The summed E-state index contributed by atoms with van der Waals surface area (Å²) in [6.07, 6.45) is -0.0663. The molecule has 3 heterocycles. The summed E-state index contributed by atoms with van der Waals surface area (Å²) in [4.78, 5) is 2.58. The first kappa shape index (κ1) is 29.5. The van der Waals surface area contributed by atoms with Crippen LogP contribution >= 0.6 is 11.8 Å². The maximum absolute atomic E-state index is 3.82. The number of nitrogens with zero attached hydrogens (tertiary/aromatic N) is 1. The Bertz CT molecular complexity index is 2460. The third-order valence-electron chi connectivity index (χ3n) is 10.1. The molecule has 4 nitrogen and oxygen atoms in total. The molecule has 5 heteroatoms. The number of fused-ring (bicyclic) bond motifs is 8. The molecular weight excluding hydrogens is 629 g/mol. The van der Waals surface area contributed by atoms with E-state index < -0.39 is 0 Å². The first-order valence-corrected chi connectivity index (χ1v) is 18.0. The van der Waals surface area contributed by atoms with Crippen LogP contribution < -0.4 is 16.0 Å². The molecule has 0 radical (unpaired) electrons. The van der Waals surface area contributed by atoms with Gasteiger partial charge in [0.15, 0.2) is 0 Å². The Balaban J connectivity index is 1.08. The average Bonchev–Trinajstić information content (AvgIpc) is 3.44. The van der Waals surface area contributed by atoms with E-state index in [0.717, 1.165) is 5.69 Å².